The van der Waals surface area contributed by atoms with Crippen LogP contribution >= 0.6 is 0 Å². The summed E-state index contributed by atoms with van der Waals surface area (Å²) in [4.78, 5) is 25.4. The molecule has 0 atom stereocenters. The van der Waals surface area contributed by atoms with Gasteiger partial charge >= 0.3 is 5.97 Å². The number of nitrogens with one attached hydrogen (secondary N) is 1. The first kappa shape index (κ1) is 18.6. The lowest BCUT2D eigenvalue weighted by Crippen LogP contribution is -2.42. The Kier molecular flexibility index (Phi) is 5.25. The molecule has 0 fully saturated rings. The van der Waals surface area contributed by atoms with Gasteiger partial charge < -0.3 is 10.1 Å². The Morgan fingerprint density at radius 3 is 2.44 bits per heavy atom. The molecule has 2 rings (SSSR count). The molecule has 0 unspecified atom stereocenters. The van der Waals surface area contributed by atoms with Crippen molar-refractivity contribution in [2.45, 2.75) is 47.1 Å². The van der Waals surface area contributed by atoms with E-state index < -0.39 is 5.97 Å². The van der Waals surface area contributed by atoms with Crippen molar-refractivity contribution < 1.29 is 14.3 Å². The molecule has 0 spiro atoms. The van der Waals surface area contributed by atoms with Crippen LogP contribution in [-0.4, -0.2) is 39.0 Å². The predicted octanol–water partition coefficient (Wildman–Crippen LogP) is 2.26. The zero-order valence-corrected chi connectivity index (χ0v) is 15.5. The maximum absolute atomic E-state index is 12.2. The van der Waals surface area contributed by atoms with Gasteiger partial charge in [0, 0.05) is 5.54 Å². The molecule has 0 saturated carbocycles. The lowest BCUT2D eigenvalue weighted by atomic mass is 10.1. The Bertz CT molecular complexity index is 803. The summed E-state index contributed by atoms with van der Waals surface area (Å²) in [7, 11) is 0. The van der Waals surface area contributed by atoms with Crippen LogP contribution in [-0.2, 0) is 9.53 Å². The molecule has 0 aliphatic rings. The Hall–Kier alpha value is -2.70. The minimum atomic E-state index is -0.669. The largest absolute Gasteiger partial charge is 0.451 e. The smallest absolute Gasteiger partial charge is 0.361 e. The summed E-state index contributed by atoms with van der Waals surface area (Å²) in [6.45, 7) is 10.8. The Labute approximate surface area is 147 Å². The Balaban J connectivity index is 2.11. The fourth-order valence-corrected chi connectivity index (χ4v) is 2.36. The van der Waals surface area contributed by atoms with Crippen LogP contribution in [0.25, 0.3) is 5.69 Å². The Morgan fingerprint density at radius 2 is 1.84 bits per heavy atom. The molecular weight excluding hydrogens is 320 g/mol. The second-order valence-corrected chi connectivity index (χ2v) is 7.09. The summed E-state index contributed by atoms with van der Waals surface area (Å²) in [6.07, 6.45) is 0. The van der Waals surface area contributed by atoms with Gasteiger partial charge in [0.2, 0.25) is 0 Å². The van der Waals surface area contributed by atoms with E-state index in [1.807, 2.05) is 52.8 Å². The standard InChI is InChI=1S/C18H24N4O3/c1-11-7-8-14(12(2)9-11)22-20-13(3)16(21-22)17(24)25-10-15(23)19-18(4,5)6/h7-9H,10H2,1-6H3,(H,19,23). The highest BCUT2D eigenvalue weighted by atomic mass is 16.5. The number of hydrogen-bond acceptors (Lipinski definition) is 5. The van der Waals surface area contributed by atoms with E-state index in [0.717, 1.165) is 16.8 Å². The molecule has 1 aromatic heterocycles. The molecule has 0 aliphatic carbocycles. The first-order valence-corrected chi connectivity index (χ1v) is 8.06. The van der Waals surface area contributed by atoms with Crippen LogP contribution < -0.4 is 5.32 Å². The number of carbonyl (C=O) groups is 2. The number of ether oxygens (including phenoxy) is 1. The number of carbonyl (C=O) groups excluding carboxylic acids is 2. The molecule has 0 radical (unpaired) electrons. The maximum atomic E-state index is 12.2. The van der Waals surface area contributed by atoms with Crippen LogP contribution in [0, 0.1) is 20.8 Å². The van der Waals surface area contributed by atoms with E-state index in [4.69, 9.17) is 4.74 Å². The number of rotatable bonds is 4. The fourth-order valence-electron chi connectivity index (χ4n) is 2.36. The van der Waals surface area contributed by atoms with Gasteiger partial charge in [-0.3, -0.25) is 4.79 Å². The minimum Gasteiger partial charge on any atom is -0.451 e. The molecular formula is C18H24N4O3. The van der Waals surface area contributed by atoms with E-state index in [9.17, 15) is 9.59 Å². The molecule has 1 amide bonds. The zero-order valence-electron chi connectivity index (χ0n) is 15.5. The van der Waals surface area contributed by atoms with Crippen molar-refractivity contribution in [1.29, 1.82) is 0 Å². The highest BCUT2D eigenvalue weighted by Gasteiger charge is 2.21. The van der Waals surface area contributed by atoms with E-state index in [0.29, 0.717) is 5.69 Å². The molecule has 7 heteroatoms. The molecule has 0 bridgehead atoms. The van der Waals surface area contributed by atoms with Crippen molar-refractivity contribution in [3.8, 4) is 5.69 Å². The van der Waals surface area contributed by atoms with Gasteiger partial charge in [-0.15, -0.1) is 5.10 Å². The first-order chi connectivity index (χ1) is 11.6. The van der Waals surface area contributed by atoms with Crippen molar-refractivity contribution in [2.24, 2.45) is 0 Å². The highest BCUT2D eigenvalue weighted by Crippen LogP contribution is 2.15. The number of amides is 1. The maximum Gasteiger partial charge on any atom is 0.361 e. The molecule has 2 aromatic rings. The normalized spacial score (nSPS) is 11.3. The lowest BCUT2D eigenvalue weighted by molar-refractivity contribution is -0.125. The second kappa shape index (κ2) is 7.04. The molecule has 1 N–H and O–H groups in total. The minimum absolute atomic E-state index is 0.100. The van der Waals surface area contributed by atoms with Crippen molar-refractivity contribution >= 4 is 11.9 Å². The number of nitrogens with zero attached hydrogens (tertiary/aromatic N) is 3. The van der Waals surface area contributed by atoms with Gasteiger partial charge in [-0.25, -0.2) is 4.79 Å². The second-order valence-electron chi connectivity index (χ2n) is 7.09. The average molecular weight is 344 g/mol. The number of benzene rings is 1. The van der Waals surface area contributed by atoms with Crippen LogP contribution in [0.15, 0.2) is 18.2 Å². The highest BCUT2D eigenvalue weighted by molar-refractivity contribution is 5.90. The monoisotopic (exact) mass is 344 g/mol. The van der Waals surface area contributed by atoms with E-state index in [1.54, 1.807) is 6.92 Å². The topological polar surface area (TPSA) is 86.1 Å². The molecule has 1 heterocycles. The van der Waals surface area contributed by atoms with Gasteiger partial charge in [-0.1, -0.05) is 17.7 Å². The summed E-state index contributed by atoms with van der Waals surface area (Å²) in [5.74, 6) is -1.03. The number of aryl methyl sites for hydroxylation is 3. The van der Waals surface area contributed by atoms with Crippen molar-refractivity contribution in [1.82, 2.24) is 20.3 Å². The van der Waals surface area contributed by atoms with Crippen molar-refractivity contribution in [2.75, 3.05) is 6.61 Å². The van der Waals surface area contributed by atoms with Gasteiger partial charge in [0.25, 0.3) is 5.91 Å². The summed E-state index contributed by atoms with van der Waals surface area (Å²) < 4.78 is 5.05. The third-order valence-electron chi connectivity index (χ3n) is 3.39. The van der Waals surface area contributed by atoms with Gasteiger partial charge in [0.1, 0.15) is 0 Å². The third-order valence-corrected chi connectivity index (χ3v) is 3.39. The molecule has 7 nitrogen and oxygen atoms in total. The number of hydrogen-bond donors (Lipinski definition) is 1. The molecule has 1 aromatic carbocycles. The van der Waals surface area contributed by atoms with E-state index in [1.165, 1.54) is 4.80 Å². The van der Waals surface area contributed by atoms with Crippen molar-refractivity contribution in [3.63, 3.8) is 0 Å². The van der Waals surface area contributed by atoms with Crippen LogP contribution in [0.2, 0.25) is 0 Å². The van der Waals surface area contributed by atoms with E-state index in [2.05, 4.69) is 15.5 Å². The molecule has 0 aliphatic heterocycles. The SMILES string of the molecule is Cc1ccc(-n2nc(C)c(C(=O)OCC(=O)NC(C)(C)C)n2)c(C)c1. The van der Waals surface area contributed by atoms with E-state index in [-0.39, 0.29) is 23.7 Å². The third kappa shape index (κ3) is 4.89. The summed E-state index contributed by atoms with van der Waals surface area (Å²) >= 11 is 0. The summed E-state index contributed by atoms with van der Waals surface area (Å²) in [6, 6.07) is 5.87. The lowest BCUT2D eigenvalue weighted by Gasteiger charge is -2.20. The van der Waals surface area contributed by atoms with Gasteiger partial charge in [0.15, 0.2) is 12.3 Å². The van der Waals surface area contributed by atoms with Crippen LogP contribution in [0.5, 0.6) is 0 Å². The summed E-state index contributed by atoms with van der Waals surface area (Å²) in [5, 5.41) is 11.2. The van der Waals surface area contributed by atoms with Gasteiger partial charge in [-0.05, 0) is 53.2 Å². The molecule has 0 saturated heterocycles. The quantitative estimate of drug-likeness (QED) is 0.860. The van der Waals surface area contributed by atoms with E-state index >= 15 is 0 Å². The van der Waals surface area contributed by atoms with Crippen LogP contribution in [0.3, 0.4) is 0 Å². The number of esters is 1. The predicted molar refractivity (Wildman–Crippen MR) is 93.7 cm³/mol. The van der Waals surface area contributed by atoms with Crippen molar-refractivity contribution in [3.05, 3.63) is 40.7 Å². The fraction of sp³-hybridized carbons (Fsp3) is 0.444. The average Bonchev–Trinajstić information content (AvgIpc) is 2.84. The summed E-state index contributed by atoms with van der Waals surface area (Å²) in [5.41, 5.74) is 3.09. The van der Waals surface area contributed by atoms with Crippen LogP contribution in [0.1, 0.15) is 48.1 Å². The molecule has 25 heavy (non-hydrogen) atoms. The zero-order chi connectivity index (χ0) is 18.8. The van der Waals surface area contributed by atoms with Crippen LogP contribution in [0.4, 0.5) is 0 Å². The van der Waals surface area contributed by atoms with Gasteiger partial charge in [0.05, 0.1) is 11.4 Å². The van der Waals surface area contributed by atoms with Gasteiger partial charge in [-0.2, -0.15) is 9.90 Å². The first-order valence-electron chi connectivity index (χ1n) is 8.06. The Morgan fingerprint density at radius 1 is 1.16 bits per heavy atom. The molecule has 134 valence electrons. The number of aromatic nitrogens is 3.